The Kier molecular flexibility index (Phi) is 5.01. The first-order chi connectivity index (χ1) is 8.74. The fourth-order valence-electron chi connectivity index (χ4n) is 1.50. The predicted molar refractivity (Wildman–Crippen MR) is 66.3 cm³/mol. The van der Waals surface area contributed by atoms with Gasteiger partial charge in [0.2, 0.25) is 0 Å². The third kappa shape index (κ3) is 3.72. The fraction of sp³-hybridized carbons (Fsp3) is 0.455. The molecule has 4 nitrogen and oxygen atoms in total. The van der Waals surface area contributed by atoms with Crippen molar-refractivity contribution in [2.45, 2.75) is 20.0 Å². The van der Waals surface area contributed by atoms with Crippen LogP contribution in [0.5, 0.6) is 0 Å². The lowest BCUT2D eigenvalue weighted by Crippen LogP contribution is -2.17. The number of benzene rings is 1. The van der Waals surface area contributed by atoms with Gasteiger partial charge in [0.1, 0.15) is 0 Å². The van der Waals surface area contributed by atoms with Crippen LogP contribution in [0.15, 0.2) is 18.2 Å². The van der Waals surface area contributed by atoms with Crippen molar-refractivity contribution in [1.82, 2.24) is 0 Å². The molecule has 1 aromatic rings. The van der Waals surface area contributed by atoms with Gasteiger partial charge in [-0.2, -0.15) is 13.2 Å². The van der Waals surface area contributed by atoms with Gasteiger partial charge in [0.25, 0.3) is 0 Å². The lowest BCUT2D eigenvalue weighted by molar-refractivity contribution is -0.137. The van der Waals surface area contributed by atoms with Crippen LogP contribution in [0.1, 0.15) is 19.4 Å². The van der Waals surface area contributed by atoms with Crippen LogP contribution < -0.4 is 11.0 Å². The van der Waals surface area contributed by atoms with Crippen LogP contribution in [0.4, 0.5) is 18.9 Å². The third-order valence-corrected chi connectivity index (χ3v) is 4.44. The molecule has 0 aliphatic carbocycles. The SMILES string of the molecule is CCOP(=O)(OCC)c1ccc(C(F)(F)F)cc1N. The van der Waals surface area contributed by atoms with Crippen LogP contribution >= 0.6 is 7.60 Å². The molecule has 1 aromatic carbocycles. The molecule has 19 heavy (non-hydrogen) atoms. The summed E-state index contributed by atoms with van der Waals surface area (Å²) in [5, 5.41) is -0.0517. The Morgan fingerprint density at radius 3 is 2.11 bits per heavy atom. The molecule has 0 radical (unpaired) electrons. The molecular formula is C11H15F3NO3P. The number of rotatable bonds is 5. The van der Waals surface area contributed by atoms with Gasteiger partial charge in [-0.3, -0.25) is 4.57 Å². The Morgan fingerprint density at radius 2 is 1.74 bits per heavy atom. The van der Waals surface area contributed by atoms with E-state index in [4.69, 9.17) is 14.8 Å². The lowest BCUT2D eigenvalue weighted by Gasteiger charge is -2.19. The minimum Gasteiger partial charge on any atom is -0.398 e. The van der Waals surface area contributed by atoms with E-state index in [1.54, 1.807) is 13.8 Å². The van der Waals surface area contributed by atoms with Crippen LogP contribution in [0, 0.1) is 0 Å². The maximum Gasteiger partial charge on any atom is 0.416 e. The average molecular weight is 297 g/mol. The summed E-state index contributed by atoms with van der Waals surface area (Å²) in [6.07, 6.45) is -4.51. The highest BCUT2D eigenvalue weighted by atomic mass is 31.2. The van der Waals surface area contributed by atoms with Crippen molar-refractivity contribution >= 4 is 18.6 Å². The van der Waals surface area contributed by atoms with Gasteiger partial charge in [-0.05, 0) is 32.0 Å². The highest BCUT2D eigenvalue weighted by Crippen LogP contribution is 2.48. The van der Waals surface area contributed by atoms with E-state index in [-0.39, 0.29) is 24.2 Å². The summed E-state index contributed by atoms with van der Waals surface area (Å²) in [6.45, 7) is 3.40. The number of nitrogen functional groups attached to an aromatic ring is 1. The number of halogens is 3. The van der Waals surface area contributed by atoms with Crippen LogP contribution in [-0.2, 0) is 19.8 Å². The fourth-order valence-corrected chi connectivity index (χ4v) is 3.17. The number of alkyl halides is 3. The number of hydrogen-bond acceptors (Lipinski definition) is 4. The Bertz CT molecular complexity index is 481. The van der Waals surface area contributed by atoms with Crippen LogP contribution in [-0.4, -0.2) is 13.2 Å². The van der Waals surface area contributed by atoms with Crippen LogP contribution in [0.2, 0.25) is 0 Å². The summed E-state index contributed by atoms with van der Waals surface area (Å²) in [6, 6.07) is 2.56. The van der Waals surface area contributed by atoms with Gasteiger partial charge >= 0.3 is 13.8 Å². The topological polar surface area (TPSA) is 61.5 Å². The van der Waals surface area contributed by atoms with Crippen molar-refractivity contribution < 1.29 is 26.8 Å². The highest BCUT2D eigenvalue weighted by Gasteiger charge is 2.34. The Balaban J connectivity index is 3.24. The smallest absolute Gasteiger partial charge is 0.398 e. The maximum atomic E-state index is 12.5. The zero-order valence-electron chi connectivity index (χ0n) is 10.5. The summed E-state index contributed by atoms with van der Waals surface area (Å²) in [4.78, 5) is 0. The molecular weight excluding hydrogens is 282 g/mol. The van der Waals surface area contributed by atoms with Crippen molar-refractivity contribution in [2.24, 2.45) is 0 Å². The van der Waals surface area contributed by atoms with Crippen LogP contribution in [0.25, 0.3) is 0 Å². The second-order valence-electron chi connectivity index (χ2n) is 3.60. The zero-order valence-corrected chi connectivity index (χ0v) is 11.4. The Labute approximate surface area is 109 Å². The van der Waals surface area contributed by atoms with E-state index >= 15 is 0 Å². The minimum atomic E-state index is -4.51. The molecule has 0 aliphatic heterocycles. The number of nitrogens with two attached hydrogens (primary N) is 1. The first-order valence-corrected chi connectivity index (χ1v) is 7.15. The van der Waals surface area contributed by atoms with Gasteiger partial charge in [0.05, 0.1) is 24.1 Å². The van der Waals surface area contributed by atoms with Crippen molar-refractivity contribution in [2.75, 3.05) is 18.9 Å². The third-order valence-electron chi connectivity index (χ3n) is 2.25. The van der Waals surface area contributed by atoms with Gasteiger partial charge in [0, 0.05) is 5.69 Å². The van der Waals surface area contributed by atoms with Crippen molar-refractivity contribution in [3.8, 4) is 0 Å². The van der Waals surface area contributed by atoms with Gasteiger partial charge in [-0.25, -0.2) is 0 Å². The molecule has 0 spiro atoms. The predicted octanol–water partition coefficient (Wildman–Crippen LogP) is 3.18. The average Bonchev–Trinajstić information content (AvgIpc) is 2.28. The summed E-state index contributed by atoms with van der Waals surface area (Å²) < 4.78 is 60.0. The monoisotopic (exact) mass is 297 g/mol. The molecule has 2 N–H and O–H groups in total. The van der Waals surface area contributed by atoms with E-state index in [1.165, 1.54) is 0 Å². The highest BCUT2D eigenvalue weighted by molar-refractivity contribution is 7.62. The molecule has 0 aromatic heterocycles. The van der Waals surface area contributed by atoms with E-state index < -0.39 is 19.3 Å². The second kappa shape index (κ2) is 5.94. The Hall–Kier alpha value is -1.04. The van der Waals surface area contributed by atoms with E-state index in [2.05, 4.69) is 0 Å². The van der Waals surface area contributed by atoms with E-state index in [0.717, 1.165) is 18.2 Å². The largest absolute Gasteiger partial charge is 0.416 e. The molecule has 0 saturated heterocycles. The molecule has 108 valence electrons. The molecule has 0 bridgehead atoms. The van der Waals surface area contributed by atoms with E-state index in [0.29, 0.717) is 0 Å². The molecule has 0 unspecified atom stereocenters. The molecule has 0 fully saturated rings. The Morgan fingerprint density at radius 1 is 1.21 bits per heavy atom. The van der Waals surface area contributed by atoms with Crippen molar-refractivity contribution in [3.05, 3.63) is 23.8 Å². The molecule has 0 saturated carbocycles. The molecule has 0 heterocycles. The molecule has 0 aliphatic rings. The van der Waals surface area contributed by atoms with Gasteiger partial charge in [-0.15, -0.1) is 0 Å². The number of anilines is 1. The lowest BCUT2D eigenvalue weighted by atomic mass is 10.2. The zero-order chi connectivity index (χ0) is 14.7. The quantitative estimate of drug-likeness (QED) is 0.670. The maximum absolute atomic E-state index is 12.5. The summed E-state index contributed by atoms with van der Waals surface area (Å²) >= 11 is 0. The normalized spacial score (nSPS) is 12.7. The molecule has 0 atom stereocenters. The molecule has 8 heteroatoms. The standard InChI is InChI=1S/C11H15F3NO3P/c1-3-17-19(16,18-4-2)10-6-5-8(7-9(10)15)11(12,13)14/h5-7H,3-4,15H2,1-2H3. The van der Waals surface area contributed by atoms with Gasteiger partial charge < -0.3 is 14.8 Å². The second-order valence-corrected chi connectivity index (χ2v) is 5.60. The first-order valence-electron chi connectivity index (χ1n) is 5.61. The first kappa shape index (κ1) is 16.0. The van der Waals surface area contributed by atoms with Crippen molar-refractivity contribution in [1.29, 1.82) is 0 Å². The summed E-state index contributed by atoms with van der Waals surface area (Å²) in [5.74, 6) is 0. The number of hydrogen-bond donors (Lipinski definition) is 1. The summed E-state index contributed by atoms with van der Waals surface area (Å²) in [7, 11) is -3.67. The van der Waals surface area contributed by atoms with Crippen LogP contribution in [0.3, 0.4) is 0 Å². The van der Waals surface area contributed by atoms with E-state index in [1.807, 2.05) is 0 Å². The van der Waals surface area contributed by atoms with Gasteiger partial charge in [-0.1, -0.05) is 0 Å². The van der Waals surface area contributed by atoms with Crippen molar-refractivity contribution in [3.63, 3.8) is 0 Å². The summed E-state index contributed by atoms with van der Waals surface area (Å²) in [5.41, 5.74) is 4.36. The minimum absolute atomic E-state index is 0.0517. The van der Waals surface area contributed by atoms with E-state index in [9.17, 15) is 17.7 Å². The molecule has 0 amide bonds. The van der Waals surface area contributed by atoms with Gasteiger partial charge in [0.15, 0.2) is 0 Å². The molecule has 1 rings (SSSR count).